The maximum atomic E-state index is 5.65. The van der Waals surface area contributed by atoms with Gasteiger partial charge in [-0.2, -0.15) is 0 Å². The van der Waals surface area contributed by atoms with Gasteiger partial charge >= 0.3 is 0 Å². The number of aromatic nitrogens is 1. The van der Waals surface area contributed by atoms with Gasteiger partial charge in [0.25, 0.3) is 0 Å². The van der Waals surface area contributed by atoms with Crippen molar-refractivity contribution in [2.24, 2.45) is 0 Å². The molecule has 0 atom stereocenters. The van der Waals surface area contributed by atoms with Crippen LogP contribution < -0.4 is 9.47 Å². The molecule has 0 amide bonds. The molecule has 0 aliphatic heterocycles. The molecule has 1 heterocycles. The van der Waals surface area contributed by atoms with Crippen LogP contribution in [0.3, 0.4) is 0 Å². The summed E-state index contributed by atoms with van der Waals surface area (Å²) >= 11 is 0. The SMILES string of the molecule is C=COCCCCCOc1ccc(OCCCCCOC=C)nc1. The molecule has 1 aromatic rings. The van der Waals surface area contributed by atoms with Crippen molar-refractivity contribution >= 4 is 0 Å². The van der Waals surface area contributed by atoms with Gasteiger partial charge in [-0.3, -0.25) is 0 Å². The summed E-state index contributed by atoms with van der Waals surface area (Å²) in [5.74, 6) is 1.40. The molecule has 5 nitrogen and oxygen atoms in total. The quantitative estimate of drug-likeness (QED) is 0.329. The Bertz CT molecular complexity index is 392. The average Bonchev–Trinajstić information content (AvgIpc) is 2.61. The number of unbranched alkanes of at least 4 members (excludes halogenated alkanes) is 4. The number of pyridine rings is 1. The van der Waals surface area contributed by atoms with Gasteiger partial charge in [0.05, 0.1) is 45.1 Å². The largest absolute Gasteiger partial charge is 0.502 e. The fourth-order valence-corrected chi connectivity index (χ4v) is 2.00. The number of rotatable bonds is 16. The zero-order chi connectivity index (χ0) is 17.3. The average molecular weight is 335 g/mol. The third kappa shape index (κ3) is 10.5. The highest BCUT2D eigenvalue weighted by molar-refractivity contribution is 5.22. The maximum absolute atomic E-state index is 5.65. The van der Waals surface area contributed by atoms with Gasteiger partial charge in [-0.05, 0) is 44.6 Å². The van der Waals surface area contributed by atoms with Crippen molar-refractivity contribution in [1.82, 2.24) is 4.98 Å². The Balaban J connectivity index is 2.04. The van der Waals surface area contributed by atoms with Crippen molar-refractivity contribution in [3.05, 3.63) is 44.0 Å². The highest BCUT2D eigenvalue weighted by atomic mass is 16.5. The third-order valence-corrected chi connectivity index (χ3v) is 3.28. The molecule has 0 bridgehead atoms. The van der Waals surface area contributed by atoms with Crippen LogP contribution in [-0.2, 0) is 9.47 Å². The van der Waals surface area contributed by atoms with Crippen LogP contribution in [0.1, 0.15) is 38.5 Å². The third-order valence-electron chi connectivity index (χ3n) is 3.28. The summed E-state index contributed by atoms with van der Waals surface area (Å²) in [6.07, 6.45) is 10.8. The minimum atomic E-state index is 0.631. The summed E-state index contributed by atoms with van der Waals surface area (Å²) in [4.78, 5) is 4.25. The molecule has 5 heteroatoms. The van der Waals surface area contributed by atoms with Crippen LogP contribution in [0.25, 0.3) is 0 Å². The monoisotopic (exact) mass is 335 g/mol. The van der Waals surface area contributed by atoms with Crippen LogP contribution in [-0.4, -0.2) is 31.4 Å². The van der Waals surface area contributed by atoms with Crippen molar-refractivity contribution in [1.29, 1.82) is 0 Å². The van der Waals surface area contributed by atoms with E-state index in [-0.39, 0.29) is 0 Å². The van der Waals surface area contributed by atoms with Crippen LogP contribution in [0.15, 0.2) is 44.0 Å². The Labute approximate surface area is 145 Å². The molecule has 0 saturated carbocycles. The van der Waals surface area contributed by atoms with Gasteiger partial charge in [-0.25, -0.2) is 4.98 Å². The molecule has 1 rings (SSSR count). The maximum Gasteiger partial charge on any atom is 0.213 e. The number of hydrogen-bond acceptors (Lipinski definition) is 5. The van der Waals surface area contributed by atoms with Crippen molar-refractivity contribution in [2.75, 3.05) is 26.4 Å². The molecule has 134 valence electrons. The lowest BCUT2D eigenvalue weighted by Crippen LogP contribution is -2.01. The summed E-state index contributed by atoms with van der Waals surface area (Å²) in [7, 11) is 0. The van der Waals surface area contributed by atoms with E-state index in [0.717, 1.165) is 57.5 Å². The smallest absolute Gasteiger partial charge is 0.213 e. The molecule has 0 saturated heterocycles. The van der Waals surface area contributed by atoms with E-state index in [0.29, 0.717) is 19.1 Å². The standard InChI is InChI=1S/C19H29NO4/c1-3-21-13-7-5-9-15-23-18-11-12-19(20-17-18)24-16-10-6-8-14-22-4-2/h3-4,11-12,17H,1-2,5-10,13-16H2. The van der Waals surface area contributed by atoms with E-state index in [9.17, 15) is 0 Å². The fraction of sp³-hybridized carbons (Fsp3) is 0.526. The van der Waals surface area contributed by atoms with Crippen molar-refractivity contribution in [3.8, 4) is 11.6 Å². The minimum Gasteiger partial charge on any atom is -0.502 e. The molecule has 24 heavy (non-hydrogen) atoms. The van der Waals surface area contributed by atoms with Crippen molar-refractivity contribution in [2.45, 2.75) is 38.5 Å². The second-order valence-corrected chi connectivity index (χ2v) is 5.23. The molecule has 0 N–H and O–H groups in total. The van der Waals surface area contributed by atoms with Gasteiger partial charge in [0, 0.05) is 6.07 Å². The first-order chi connectivity index (χ1) is 11.9. The second-order valence-electron chi connectivity index (χ2n) is 5.23. The topological polar surface area (TPSA) is 49.8 Å². The van der Waals surface area contributed by atoms with E-state index in [1.807, 2.05) is 12.1 Å². The van der Waals surface area contributed by atoms with Crippen LogP contribution in [0.5, 0.6) is 11.6 Å². The molecule has 0 unspecified atom stereocenters. The number of nitrogens with zero attached hydrogens (tertiary/aromatic N) is 1. The molecule has 0 aliphatic rings. The summed E-state index contributed by atoms with van der Waals surface area (Å²) < 4.78 is 21.4. The van der Waals surface area contributed by atoms with Gasteiger partial charge in [0.2, 0.25) is 5.88 Å². The Morgan fingerprint density at radius 3 is 1.88 bits per heavy atom. The molecule has 0 radical (unpaired) electrons. The first-order valence-electron chi connectivity index (χ1n) is 8.53. The summed E-state index contributed by atoms with van der Waals surface area (Å²) in [5.41, 5.74) is 0. The first-order valence-corrected chi connectivity index (χ1v) is 8.53. The predicted molar refractivity (Wildman–Crippen MR) is 95.2 cm³/mol. The summed E-state index contributed by atoms with van der Waals surface area (Å²) in [6, 6.07) is 3.73. The van der Waals surface area contributed by atoms with Crippen LogP contribution in [0.2, 0.25) is 0 Å². The fourth-order valence-electron chi connectivity index (χ4n) is 2.00. The Kier molecular flexibility index (Phi) is 11.9. The lowest BCUT2D eigenvalue weighted by molar-refractivity contribution is 0.232. The zero-order valence-corrected chi connectivity index (χ0v) is 14.5. The molecular formula is C19H29NO4. The highest BCUT2D eigenvalue weighted by Gasteiger charge is 1.99. The van der Waals surface area contributed by atoms with Gasteiger partial charge in [0.1, 0.15) is 5.75 Å². The van der Waals surface area contributed by atoms with E-state index < -0.39 is 0 Å². The minimum absolute atomic E-state index is 0.631. The second kappa shape index (κ2) is 14.4. The molecular weight excluding hydrogens is 306 g/mol. The lowest BCUT2D eigenvalue weighted by atomic mass is 10.2. The predicted octanol–water partition coefficient (Wildman–Crippen LogP) is 4.50. The van der Waals surface area contributed by atoms with Gasteiger partial charge in [0.15, 0.2) is 0 Å². The van der Waals surface area contributed by atoms with Crippen molar-refractivity contribution in [3.63, 3.8) is 0 Å². The Hall–Kier alpha value is -2.17. The Morgan fingerprint density at radius 1 is 0.750 bits per heavy atom. The van der Waals surface area contributed by atoms with E-state index in [2.05, 4.69) is 18.1 Å². The molecule has 0 aliphatic carbocycles. The molecule has 0 fully saturated rings. The number of ether oxygens (including phenoxy) is 4. The van der Waals surface area contributed by atoms with E-state index in [4.69, 9.17) is 18.9 Å². The summed E-state index contributed by atoms with van der Waals surface area (Å²) in [6.45, 7) is 9.80. The van der Waals surface area contributed by atoms with Crippen LogP contribution in [0, 0.1) is 0 Å². The van der Waals surface area contributed by atoms with Crippen LogP contribution >= 0.6 is 0 Å². The molecule has 0 aromatic carbocycles. The van der Waals surface area contributed by atoms with E-state index >= 15 is 0 Å². The first kappa shape index (κ1) is 19.9. The Morgan fingerprint density at radius 2 is 1.33 bits per heavy atom. The molecule has 0 spiro atoms. The number of hydrogen-bond donors (Lipinski definition) is 0. The zero-order valence-electron chi connectivity index (χ0n) is 14.5. The van der Waals surface area contributed by atoms with E-state index in [1.165, 1.54) is 12.5 Å². The molecule has 1 aromatic heterocycles. The van der Waals surface area contributed by atoms with Gasteiger partial charge in [-0.1, -0.05) is 13.2 Å². The van der Waals surface area contributed by atoms with Gasteiger partial charge in [-0.15, -0.1) is 0 Å². The normalized spacial score (nSPS) is 10.0. The van der Waals surface area contributed by atoms with Gasteiger partial charge < -0.3 is 18.9 Å². The lowest BCUT2D eigenvalue weighted by Gasteiger charge is -2.08. The highest BCUT2D eigenvalue weighted by Crippen LogP contribution is 2.14. The summed E-state index contributed by atoms with van der Waals surface area (Å²) in [5, 5.41) is 0. The van der Waals surface area contributed by atoms with E-state index in [1.54, 1.807) is 6.20 Å². The van der Waals surface area contributed by atoms with Crippen molar-refractivity contribution < 1.29 is 18.9 Å². The van der Waals surface area contributed by atoms with Crippen LogP contribution in [0.4, 0.5) is 0 Å².